The van der Waals surface area contributed by atoms with Crippen LogP contribution in [0.15, 0.2) is 143 Å². The van der Waals surface area contributed by atoms with E-state index in [1.54, 1.807) is 0 Å². The van der Waals surface area contributed by atoms with Crippen molar-refractivity contribution in [2.75, 3.05) is 9.80 Å². The molecule has 3 aromatic rings. The predicted octanol–water partition coefficient (Wildman–Crippen LogP) is 8.91. The third kappa shape index (κ3) is 3.86. The van der Waals surface area contributed by atoms with E-state index < -0.39 is 0 Å². The SMILES string of the molecule is C=CC1=C(C2=C(C)CCC2)N(c2ccccc2)C(C=C)=C2B1c1ccc3c(c1N(c1ccccc1)/C2=C/C)CCC3. The largest absolute Gasteiger partial charge is 0.311 e. The number of allylic oxidation sites excluding steroid dienone is 7. The molecule has 2 aliphatic carbocycles. The number of nitrogens with zero attached hydrogens (tertiary/aromatic N) is 2. The molecule has 0 bridgehead atoms. The van der Waals surface area contributed by atoms with Crippen LogP contribution in [0.2, 0.25) is 0 Å². The van der Waals surface area contributed by atoms with E-state index in [-0.39, 0.29) is 6.71 Å². The summed E-state index contributed by atoms with van der Waals surface area (Å²) in [7, 11) is 0. The molecule has 2 nitrogen and oxygen atoms in total. The lowest BCUT2D eigenvalue weighted by Gasteiger charge is -2.47. The standard InChI is InChI=1S/C38H37BN2/c1-5-32-37(30-22-14-16-26(30)4)40(28-18-10-8-11-19-28)34(6-2)36-35(7-3)41(29-20-12-9-13-21-29)38-31-23-15-17-27(31)24-25-33(38)39(32)36/h5-13,18-21,24-25H,1-2,14-17,22-23H2,3-4H3/b35-7+. The first-order valence-corrected chi connectivity index (χ1v) is 15.1. The minimum Gasteiger partial charge on any atom is -0.311 e. The minimum atomic E-state index is 0.0865. The van der Waals surface area contributed by atoms with Crippen LogP contribution in [0.4, 0.5) is 17.1 Å². The Bertz CT molecular complexity index is 1690. The number of fused-ring (bicyclic) bond motifs is 5. The molecule has 3 heteroatoms. The van der Waals surface area contributed by atoms with E-state index in [0.29, 0.717) is 0 Å². The molecule has 0 spiro atoms. The molecule has 0 aromatic heterocycles. The maximum absolute atomic E-state index is 4.49. The van der Waals surface area contributed by atoms with E-state index in [1.165, 1.54) is 74.3 Å². The Morgan fingerprint density at radius 3 is 2.05 bits per heavy atom. The van der Waals surface area contributed by atoms with Gasteiger partial charge in [0.25, 0.3) is 6.71 Å². The van der Waals surface area contributed by atoms with Gasteiger partial charge in [-0.3, -0.25) is 0 Å². The van der Waals surface area contributed by atoms with Crippen LogP contribution in [0, 0.1) is 0 Å². The maximum Gasteiger partial charge on any atom is 0.252 e. The normalized spacial score (nSPS) is 19.2. The molecule has 0 amide bonds. The van der Waals surface area contributed by atoms with Gasteiger partial charge < -0.3 is 9.80 Å². The lowest BCUT2D eigenvalue weighted by atomic mass is 9.31. The Labute approximate surface area is 245 Å². The predicted molar refractivity (Wildman–Crippen MR) is 176 cm³/mol. The molecule has 0 atom stereocenters. The van der Waals surface area contributed by atoms with Gasteiger partial charge in [-0.25, -0.2) is 0 Å². The fourth-order valence-corrected chi connectivity index (χ4v) is 7.73. The van der Waals surface area contributed by atoms with E-state index in [2.05, 4.69) is 128 Å². The second-order valence-corrected chi connectivity index (χ2v) is 11.6. The van der Waals surface area contributed by atoms with E-state index in [4.69, 9.17) is 0 Å². The summed E-state index contributed by atoms with van der Waals surface area (Å²) < 4.78 is 0. The van der Waals surface area contributed by atoms with Crippen molar-refractivity contribution < 1.29 is 0 Å². The topological polar surface area (TPSA) is 6.48 Å². The van der Waals surface area contributed by atoms with Crippen LogP contribution >= 0.6 is 0 Å². The average Bonchev–Trinajstić information content (AvgIpc) is 3.68. The first kappa shape index (κ1) is 25.7. The second-order valence-electron chi connectivity index (χ2n) is 11.6. The molecule has 2 aliphatic heterocycles. The molecule has 3 aromatic carbocycles. The maximum atomic E-state index is 4.49. The second kappa shape index (κ2) is 10.3. The zero-order valence-electron chi connectivity index (χ0n) is 24.3. The molecule has 0 radical (unpaired) electrons. The molecular weight excluding hydrogens is 495 g/mol. The van der Waals surface area contributed by atoms with Gasteiger partial charge in [0, 0.05) is 34.2 Å². The highest BCUT2D eigenvalue weighted by molar-refractivity contribution is 6.89. The molecule has 0 N–H and O–H groups in total. The van der Waals surface area contributed by atoms with Crippen molar-refractivity contribution in [3.8, 4) is 0 Å². The van der Waals surface area contributed by atoms with Gasteiger partial charge in [0.15, 0.2) is 0 Å². The molecule has 41 heavy (non-hydrogen) atoms. The summed E-state index contributed by atoms with van der Waals surface area (Å²) in [5, 5.41) is 0. The average molecular weight is 533 g/mol. The van der Waals surface area contributed by atoms with E-state index in [9.17, 15) is 0 Å². The van der Waals surface area contributed by atoms with Gasteiger partial charge in [-0.2, -0.15) is 0 Å². The van der Waals surface area contributed by atoms with Gasteiger partial charge in [-0.05, 0) is 116 Å². The highest BCUT2D eigenvalue weighted by Gasteiger charge is 2.46. The van der Waals surface area contributed by atoms with Crippen LogP contribution in [-0.4, -0.2) is 6.71 Å². The minimum absolute atomic E-state index is 0.0865. The Morgan fingerprint density at radius 2 is 1.44 bits per heavy atom. The van der Waals surface area contributed by atoms with Crippen molar-refractivity contribution in [2.45, 2.75) is 52.4 Å². The van der Waals surface area contributed by atoms with Crippen LogP contribution in [-0.2, 0) is 12.8 Å². The number of aryl methyl sites for hydroxylation is 1. The number of rotatable bonds is 5. The van der Waals surface area contributed by atoms with E-state index >= 15 is 0 Å². The first-order chi connectivity index (χ1) is 20.2. The molecule has 202 valence electrons. The zero-order chi connectivity index (χ0) is 28.1. The monoisotopic (exact) mass is 532 g/mol. The molecule has 0 fully saturated rings. The summed E-state index contributed by atoms with van der Waals surface area (Å²) in [6, 6.07) is 26.6. The summed E-state index contributed by atoms with van der Waals surface area (Å²) in [6.45, 7) is 13.5. The molecule has 2 heterocycles. The highest BCUT2D eigenvalue weighted by atomic mass is 15.2. The van der Waals surface area contributed by atoms with Gasteiger partial charge >= 0.3 is 0 Å². The summed E-state index contributed by atoms with van der Waals surface area (Å²) in [6.07, 6.45) is 13.5. The van der Waals surface area contributed by atoms with Crippen molar-refractivity contribution in [3.63, 3.8) is 0 Å². The molecule has 0 unspecified atom stereocenters. The Morgan fingerprint density at radius 1 is 0.756 bits per heavy atom. The lowest BCUT2D eigenvalue weighted by molar-refractivity contribution is 0.888. The van der Waals surface area contributed by atoms with Gasteiger partial charge in [-0.1, -0.05) is 79.4 Å². The number of benzene rings is 3. The van der Waals surface area contributed by atoms with Crippen molar-refractivity contribution in [1.82, 2.24) is 0 Å². The molecule has 0 saturated heterocycles. The Balaban J connectivity index is 1.62. The van der Waals surface area contributed by atoms with E-state index in [0.717, 1.165) is 37.1 Å². The van der Waals surface area contributed by atoms with Crippen molar-refractivity contribution in [3.05, 3.63) is 154 Å². The lowest BCUT2D eigenvalue weighted by Crippen LogP contribution is -2.51. The third-order valence-corrected chi connectivity index (χ3v) is 9.44. The smallest absolute Gasteiger partial charge is 0.252 e. The summed E-state index contributed by atoms with van der Waals surface area (Å²) in [5.41, 5.74) is 17.4. The van der Waals surface area contributed by atoms with Crippen molar-refractivity contribution >= 4 is 29.2 Å². The zero-order valence-corrected chi connectivity index (χ0v) is 24.3. The Kier molecular flexibility index (Phi) is 6.46. The van der Waals surface area contributed by atoms with Crippen molar-refractivity contribution in [1.29, 1.82) is 0 Å². The molecule has 7 rings (SSSR count). The summed E-state index contributed by atoms with van der Waals surface area (Å²) >= 11 is 0. The summed E-state index contributed by atoms with van der Waals surface area (Å²) in [5.74, 6) is 0. The van der Waals surface area contributed by atoms with Crippen LogP contribution < -0.4 is 15.3 Å². The van der Waals surface area contributed by atoms with Crippen LogP contribution in [0.5, 0.6) is 0 Å². The quantitative estimate of drug-likeness (QED) is 0.303. The molecule has 0 saturated carbocycles. The van der Waals surface area contributed by atoms with Crippen LogP contribution in [0.25, 0.3) is 0 Å². The highest BCUT2D eigenvalue weighted by Crippen LogP contribution is 2.50. The fraction of sp³-hybridized carbons (Fsp3) is 0.211. The van der Waals surface area contributed by atoms with Gasteiger partial charge in [-0.15, -0.1) is 0 Å². The fourth-order valence-electron chi connectivity index (χ4n) is 7.73. The number of anilines is 3. The van der Waals surface area contributed by atoms with Crippen LogP contribution in [0.1, 0.15) is 50.7 Å². The van der Waals surface area contributed by atoms with Gasteiger partial charge in [0.2, 0.25) is 0 Å². The van der Waals surface area contributed by atoms with Gasteiger partial charge in [0.1, 0.15) is 0 Å². The third-order valence-electron chi connectivity index (χ3n) is 9.44. The molecular formula is C38H37BN2. The first-order valence-electron chi connectivity index (χ1n) is 15.1. The van der Waals surface area contributed by atoms with Crippen molar-refractivity contribution in [2.24, 2.45) is 0 Å². The Hall–Kier alpha value is -4.24. The number of hydrogen-bond donors (Lipinski definition) is 0. The number of para-hydroxylation sites is 2. The molecule has 4 aliphatic rings. The van der Waals surface area contributed by atoms with Crippen LogP contribution in [0.3, 0.4) is 0 Å². The number of hydrogen-bond acceptors (Lipinski definition) is 2. The summed E-state index contributed by atoms with van der Waals surface area (Å²) in [4.78, 5) is 5.01. The van der Waals surface area contributed by atoms with E-state index in [1.807, 2.05) is 0 Å². The van der Waals surface area contributed by atoms with Gasteiger partial charge in [0.05, 0.1) is 0 Å².